The minimum Gasteiger partial charge on any atom is -0.507 e. The number of rotatable bonds is 4. The fourth-order valence-corrected chi connectivity index (χ4v) is 2.72. The number of carboxylic acids is 1. The van der Waals surface area contributed by atoms with E-state index in [1.807, 2.05) is 24.3 Å². The van der Waals surface area contributed by atoms with Gasteiger partial charge in [0, 0.05) is 23.8 Å². The van der Waals surface area contributed by atoms with Crippen LogP contribution in [0.5, 0.6) is 5.75 Å². The van der Waals surface area contributed by atoms with Gasteiger partial charge in [-0.1, -0.05) is 18.2 Å². The molecule has 3 rings (SSSR count). The van der Waals surface area contributed by atoms with Crippen LogP contribution in [0.2, 0.25) is 0 Å². The van der Waals surface area contributed by atoms with E-state index in [9.17, 15) is 14.7 Å². The average Bonchev–Trinajstić information content (AvgIpc) is 2.90. The molecule has 0 aromatic heterocycles. The van der Waals surface area contributed by atoms with Crippen LogP contribution in [0.4, 0.5) is 11.4 Å². The Morgan fingerprint density at radius 1 is 1.22 bits per heavy atom. The predicted molar refractivity (Wildman–Crippen MR) is 85.9 cm³/mol. The molecular formula is C17H16N2O4. The third-order valence-corrected chi connectivity index (χ3v) is 3.79. The summed E-state index contributed by atoms with van der Waals surface area (Å²) in [6.07, 6.45) is 1.05. The maximum absolute atomic E-state index is 12.1. The number of para-hydroxylation sites is 1. The maximum atomic E-state index is 12.1. The smallest absolute Gasteiger partial charge is 0.339 e. The molecule has 6 heteroatoms. The van der Waals surface area contributed by atoms with Gasteiger partial charge in [0.15, 0.2) is 0 Å². The lowest BCUT2D eigenvalue weighted by atomic mass is 10.1. The van der Waals surface area contributed by atoms with E-state index in [0.29, 0.717) is 5.69 Å². The number of fused-ring (bicyclic) bond motifs is 1. The molecule has 1 aliphatic rings. The molecule has 0 fully saturated rings. The number of anilines is 2. The third kappa shape index (κ3) is 3.26. The van der Waals surface area contributed by atoms with Gasteiger partial charge in [0.2, 0.25) is 5.91 Å². The number of aromatic carboxylic acids is 1. The highest BCUT2D eigenvalue weighted by Gasteiger charge is 2.22. The van der Waals surface area contributed by atoms with Crippen LogP contribution in [-0.4, -0.2) is 28.1 Å². The monoisotopic (exact) mass is 312 g/mol. The highest BCUT2D eigenvalue weighted by molar-refractivity contribution is 5.96. The summed E-state index contributed by atoms with van der Waals surface area (Å²) in [5, 5.41) is 24.4. The Kier molecular flexibility index (Phi) is 3.89. The quantitative estimate of drug-likeness (QED) is 0.650. The van der Waals surface area contributed by atoms with Crippen molar-refractivity contribution in [2.75, 3.05) is 10.6 Å². The number of amides is 1. The molecule has 1 heterocycles. The van der Waals surface area contributed by atoms with Crippen molar-refractivity contribution in [3.63, 3.8) is 0 Å². The minimum absolute atomic E-state index is 0.0171. The molecule has 2 aromatic rings. The summed E-state index contributed by atoms with van der Waals surface area (Å²) in [5.74, 6) is -1.78. The van der Waals surface area contributed by atoms with E-state index in [2.05, 4.69) is 10.6 Å². The van der Waals surface area contributed by atoms with E-state index in [1.54, 1.807) is 0 Å². The summed E-state index contributed by atoms with van der Waals surface area (Å²) in [5.41, 5.74) is 2.33. The molecule has 4 N–H and O–H groups in total. The zero-order valence-corrected chi connectivity index (χ0v) is 12.2. The predicted octanol–water partition coefficient (Wildman–Crippen LogP) is 2.46. The van der Waals surface area contributed by atoms with Gasteiger partial charge in [-0.3, -0.25) is 4.79 Å². The Balaban J connectivity index is 1.63. The fourth-order valence-electron chi connectivity index (χ4n) is 2.72. The number of nitrogens with one attached hydrogen (secondary N) is 2. The molecule has 0 radical (unpaired) electrons. The van der Waals surface area contributed by atoms with E-state index in [-0.39, 0.29) is 29.7 Å². The van der Waals surface area contributed by atoms with E-state index >= 15 is 0 Å². The number of benzene rings is 2. The normalized spacial score (nSPS) is 15.6. The fraction of sp³-hybridized carbons (Fsp3) is 0.176. The number of carbonyl (C=O) groups excluding carboxylic acids is 1. The number of hydrogen-bond acceptors (Lipinski definition) is 4. The first-order valence-electron chi connectivity index (χ1n) is 7.23. The molecule has 1 aliphatic heterocycles. The molecule has 118 valence electrons. The number of carbonyl (C=O) groups is 2. The van der Waals surface area contributed by atoms with Crippen molar-refractivity contribution in [1.29, 1.82) is 0 Å². The van der Waals surface area contributed by atoms with Crippen molar-refractivity contribution in [3.8, 4) is 5.75 Å². The topological polar surface area (TPSA) is 98.7 Å². The van der Waals surface area contributed by atoms with Crippen molar-refractivity contribution in [2.45, 2.75) is 18.9 Å². The second-order valence-corrected chi connectivity index (χ2v) is 5.49. The van der Waals surface area contributed by atoms with Crippen molar-refractivity contribution in [2.24, 2.45) is 0 Å². The number of phenols is 1. The Labute approximate surface area is 132 Å². The van der Waals surface area contributed by atoms with Crippen LogP contribution in [0.25, 0.3) is 0 Å². The lowest BCUT2D eigenvalue weighted by Gasteiger charge is -2.12. The average molecular weight is 312 g/mol. The largest absolute Gasteiger partial charge is 0.507 e. The first-order valence-corrected chi connectivity index (χ1v) is 7.23. The summed E-state index contributed by atoms with van der Waals surface area (Å²) in [4.78, 5) is 23.1. The van der Waals surface area contributed by atoms with E-state index in [0.717, 1.165) is 12.1 Å². The maximum Gasteiger partial charge on any atom is 0.339 e. The molecule has 1 amide bonds. The van der Waals surface area contributed by atoms with Crippen LogP contribution in [0, 0.1) is 0 Å². The molecule has 1 atom stereocenters. The first-order chi connectivity index (χ1) is 11.0. The lowest BCUT2D eigenvalue weighted by Crippen LogP contribution is -2.24. The summed E-state index contributed by atoms with van der Waals surface area (Å²) >= 11 is 0. The zero-order valence-electron chi connectivity index (χ0n) is 12.2. The van der Waals surface area contributed by atoms with Gasteiger partial charge in [-0.2, -0.15) is 0 Å². The van der Waals surface area contributed by atoms with Crippen molar-refractivity contribution in [1.82, 2.24) is 0 Å². The van der Waals surface area contributed by atoms with Crippen LogP contribution >= 0.6 is 0 Å². The lowest BCUT2D eigenvalue weighted by molar-refractivity contribution is -0.116. The highest BCUT2D eigenvalue weighted by atomic mass is 16.4. The summed E-state index contributed by atoms with van der Waals surface area (Å²) < 4.78 is 0. The Morgan fingerprint density at radius 3 is 2.74 bits per heavy atom. The Hall–Kier alpha value is -3.02. The molecule has 6 nitrogen and oxygen atoms in total. The molecule has 0 aliphatic carbocycles. The molecule has 0 spiro atoms. The van der Waals surface area contributed by atoms with Crippen LogP contribution in [0.3, 0.4) is 0 Å². The molecular weight excluding hydrogens is 296 g/mol. The molecule has 0 saturated carbocycles. The first kappa shape index (κ1) is 14.9. The van der Waals surface area contributed by atoms with Gasteiger partial charge in [-0.05, 0) is 36.2 Å². The molecule has 0 bridgehead atoms. The number of hydrogen-bond donors (Lipinski definition) is 4. The standard InChI is InChI=1S/C17H16N2O4/c20-15-6-5-11(8-13(15)17(22)23)19-16(21)9-12-7-10-3-1-2-4-14(10)18-12/h1-6,8,12,18,20H,7,9H2,(H,19,21)(H,22,23)/t12-/m0/s1. The third-order valence-electron chi connectivity index (χ3n) is 3.79. The van der Waals surface area contributed by atoms with Crippen molar-refractivity contribution < 1.29 is 19.8 Å². The zero-order chi connectivity index (χ0) is 16.4. The molecule has 23 heavy (non-hydrogen) atoms. The molecule has 2 aromatic carbocycles. The SMILES string of the molecule is O=C(C[C@@H]1Cc2ccccc2N1)Nc1ccc(O)c(C(=O)O)c1. The second kappa shape index (κ2) is 6.00. The number of aromatic hydroxyl groups is 1. The van der Waals surface area contributed by atoms with Crippen LogP contribution in [0.1, 0.15) is 22.3 Å². The summed E-state index contributed by atoms with van der Waals surface area (Å²) in [6.45, 7) is 0. The second-order valence-electron chi connectivity index (χ2n) is 5.49. The van der Waals surface area contributed by atoms with Gasteiger partial charge in [0.25, 0.3) is 0 Å². The summed E-state index contributed by atoms with van der Waals surface area (Å²) in [7, 11) is 0. The summed E-state index contributed by atoms with van der Waals surface area (Å²) in [6, 6.07) is 11.9. The van der Waals surface area contributed by atoms with Gasteiger partial charge >= 0.3 is 5.97 Å². The van der Waals surface area contributed by atoms with Gasteiger partial charge in [0.1, 0.15) is 11.3 Å². The van der Waals surface area contributed by atoms with Gasteiger partial charge < -0.3 is 20.8 Å². The Bertz CT molecular complexity index is 748. The number of carboxylic acid groups (broad SMARTS) is 1. The molecule has 0 saturated heterocycles. The van der Waals surface area contributed by atoms with Crippen molar-refractivity contribution >= 4 is 23.3 Å². The van der Waals surface area contributed by atoms with Gasteiger partial charge in [-0.15, -0.1) is 0 Å². The van der Waals surface area contributed by atoms with Gasteiger partial charge in [0.05, 0.1) is 0 Å². The van der Waals surface area contributed by atoms with Crippen LogP contribution < -0.4 is 10.6 Å². The Morgan fingerprint density at radius 2 is 2.00 bits per heavy atom. The van der Waals surface area contributed by atoms with E-state index in [1.165, 1.54) is 23.8 Å². The molecule has 0 unspecified atom stereocenters. The highest BCUT2D eigenvalue weighted by Crippen LogP contribution is 2.27. The van der Waals surface area contributed by atoms with E-state index < -0.39 is 5.97 Å². The minimum atomic E-state index is -1.24. The van der Waals surface area contributed by atoms with E-state index in [4.69, 9.17) is 5.11 Å². The van der Waals surface area contributed by atoms with Gasteiger partial charge in [-0.25, -0.2) is 4.79 Å². The van der Waals surface area contributed by atoms with Crippen LogP contribution in [0.15, 0.2) is 42.5 Å². The van der Waals surface area contributed by atoms with Crippen LogP contribution in [-0.2, 0) is 11.2 Å². The van der Waals surface area contributed by atoms with Crippen molar-refractivity contribution in [3.05, 3.63) is 53.6 Å².